The maximum atomic E-state index is 13.5. The highest BCUT2D eigenvalue weighted by atomic mass is 16.6. The minimum Gasteiger partial charge on any atom is -0.490 e. The van der Waals surface area contributed by atoms with Crippen LogP contribution in [0.4, 0.5) is 9.59 Å². The van der Waals surface area contributed by atoms with Crippen molar-refractivity contribution in [2.75, 3.05) is 13.2 Å². The predicted octanol–water partition coefficient (Wildman–Crippen LogP) is 6.24. The molecule has 228 valence electrons. The van der Waals surface area contributed by atoms with Gasteiger partial charge in [0, 0.05) is 12.0 Å². The normalized spacial score (nSPS) is 17.2. The van der Waals surface area contributed by atoms with Crippen molar-refractivity contribution in [1.29, 1.82) is 0 Å². The molecule has 0 radical (unpaired) electrons. The van der Waals surface area contributed by atoms with Crippen molar-refractivity contribution in [3.8, 4) is 5.75 Å². The van der Waals surface area contributed by atoms with Gasteiger partial charge in [-0.3, -0.25) is 0 Å². The van der Waals surface area contributed by atoms with Gasteiger partial charge in [-0.15, -0.1) is 0 Å². The zero-order valence-electron chi connectivity index (χ0n) is 25.1. The number of carbonyl (C=O) groups excluding carboxylic acids is 2. The fourth-order valence-corrected chi connectivity index (χ4v) is 4.97. The topological polar surface area (TPSA) is 97.3 Å². The van der Waals surface area contributed by atoms with Crippen LogP contribution in [0.15, 0.2) is 97.6 Å². The standard InChI is InChI=1S/C35H42N2O6/c1-5-19-41-28-18-12-15-26(20-28)21-30(36-33(39)43-35(2,3)4)32(38)23-37(31-22-29(31)27-16-10-7-11-17-27)34(40)42-24-25-13-8-6-9-14-25/h5-18,20,29-32,38H,1,19,21-24H2,2-4H3,(H,36,39)/t29?,30-,31?,32+/m0/s1. The second-order valence-electron chi connectivity index (χ2n) is 11.8. The molecule has 2 amide bonds. The molecule has 1 aliphatic rings. The first-order valence-corrected chi connectivity index (χ1v) is 14.7. The summed E-state index contributed by atoms with van der Waals surface area (Å²) in [5, 5.41) is 14.4. The van der Waals surface area contributed by atoms with Gasteiger partial charge >= 0.3 is 12.2 Å². The van der Waals surface area contributed by atoms with Gasteiger partial charge in [-0.25, -0.2) is 9.59 Å². The smallest absolute Gasteiger partial charge is 0.410 e. The number of rotatable bonds is 13. The van der Waals surface area contributed by atoms with Crippen LogP contribution in [0.5, 0.6) is 5.75 Å². The molecular weight excluding hydrogens is 544 g/mol. The van der Waals surface area contributed by atoms with E-state index in [1.54, 1.807) is 31.7 Å². The van der Waals surface area contributed by atoms with E-state index in [0.717, 1.165) is 23.1 Å². The maximum absolute atomic E-state index is 13.5. The number of nitrogens with one attached hydrogen (secondary N) is 1. The quantitative estimate of drug-likeness (QED) is 0.230. The van der Waals surface area contributed by atoms with E-state index < -0.39 is 29.9 Å². The minimum atomic E-state index is -1.12. The Morgan fingerprint density at radius 3 is 2.37 bits per heavy atom. The Balaban J connectivity index is 1.54. The van der Waals surface area contributed by atoms with Gasteiger partial charge in [0.15, 0.2) is 0 Å². The molecule has 43 heavy (non-hydrogen) atoms. The number of hydrogen-bond donors (Lipinski definition) is 2. The lowest BCUT2D eigenvalue weighted by atomic mass is 10.0. The Morgan fingerprint density at radius 1 is 1.02 bits per heavy atom. The van der Waals surface area contributed by atoms with E-state index >= 15 is 0 Å². The van der Waals surface area contributed by atoms with E-state index in [-0.39, 0.29) is 31.5 Å². The monoisotopic (exact) mass is 586 g/mol. The largest absolute Gasteiger partial charge is 0.490 e. The number of nitrogens with zero attached hydrogens (tertiary/aromatic N) is 1. The molecule has 0 aromatic heterocycles. The summed E-state index contributed by atoms with van der Waals surface area (Å²) in [5.41, 5.74) is 2.12. The SMILES string of the molecule is C=CCOc1cccc(C[C@H](NC(=O)OC(C)(C)C)[C@H](O)CN(C(=O)OCc2ccccc2)C2CC2c2ccccc2)c1. The molecule has 1 aliphatic carbocycles. The van der Waals surface area contributed by atoms with Gasteiger partial charge in [0.2, 0.25) is 0 Å². The van der Waals surface area contributed by atoms with Crippen molar-refractivity contribution < 1.29 is 28.9 Å². The molecule has 0 heterocycles. The molecular formula is C35H42N2O6. The molecule has 2 N–H and O–H groups in total. The molecule has 8 nitrogen and oxygen atoms in total. The number of aliphatic hydroxyl groups excluding tert-OH is 1. The van der Waals surface area contributed by atoms with E-state index in [1.165, 1.54) is 0 Å². The van der Waals surface area contributed by atoms with Gasteiger partial charge in [-0.05, 0) is 62.4 Å². The van der Waals surface area contributed by atoms with E-state index in [4.69, 9.17) is 14.2 Å². The van der Waals surface area contributed by atoms with E-state index in [2.05, 4.69) is 11.9 Å². The molecule has 0 spiro atoms. The van der Waals surface area contributed by atoms with Crippen LogP contribution in [-0.4, -0.2) is 59.1 Å². The number of amides is 2. The first-order chi connectivity index (χ1) is 20.6. The summed E-state index contributed by atoms with van der Waals surface area (Å²) in [6, 6.07) is 26.0. The van der Waals surface area contributed by atoms with Crippen LogP contribution in [0.1, 0.15) is 49.8 Å². The lowest BCUT2D eigenvalue weighted by Crippen LogP contribution is -2.52. The van der Waals surface area contributed by atoms with Crippen LogP contribution in [0.2, 0.25) is 0 Å². The highest BCUT2D eigenvalue weighted by molar-refractivity contribution is 5.70. The van der Waals surface area contributed by atoms with Gasteiger partial charge in [-0.1, -0.05) is 85.5 Å². The molecule has 4 rings (SSSR count). The highest BCUT2D eigenvalue weighted by Gasteiger charge is 2.46. The van der Waals surface area contributed by atoms with Crippen LogP contribution in [0, 0.1) is 0 Å². The van der Waals surface area contributed by atoms with Crippen molar-refractivity contribution in [1.82, 2.24) is 10.2 Å². The summed E-state index contributed by atoms with van der Waals surface area (Å²) >= 11 is 0. The zero-order valence-corrected chi connectivity index (χ0v) is 25.1. The summed E-state index contributed by atoms with van der Waals surface area (Å²) < 4.78 is 16.9. The van der Waals surface area contributed by atoms with Crippen LogP contribution in [0.25, 0.3) is 0 Å². The van der Waals surface area contributed by atoms with Crippen molar-refractivity contribution in [3.63, 3.8) is 0 Å². The third kappa shape index (κ3) is 9.89. The Hall–Kier alpha value is -4.30. The molecule has 8 heteroatoms. The summed E-state index contributed by atoms with van der Waals surface area (Å²) in [6.45, 7) is 9.46. The summed E-state index contributed by atoms with van der Waals surface area (Å²) in [5.74, 6) is 0.784. The Bertz CT molecular complexity index is 1340. The maximum Gasteiger partial charge on any atom is 0.410 e. The average molecular weight is 587 g/mol. The molecule has 3 aromatic carbocycles. The number of hydrogen-bond acceptors (Lipinski definition) is 6. The number of benzene rings is 3. The van der Waals surface area contributed by atoms with Crippen LogP contribution >= 0.6 is 0 Å². The van der Waals surface area contributed by atoms with Gasteiger partial charge in [0.25, 0.3) is 0 Å². The second-order valence-corrected chi connectivity index (χ2v) is 11.8. The Labute approximate surface area is 254 Å². The lowest BCUT2D eigenvalue weighted by Gasteiger charge is -2.31. The first kappa shape index (κ1) is 31.6. The molecule has 1 fully saturated rings. The number of alkyl carbamates (subject to hydrolysis) is 1. The summed E-state index contributed by atoms with van der Waals surface area (Å²) in [7, 11) is 0. The third-order valence-corrected chi connectivity index (χ3v) is 7.10. The van der Waals surface area contributed by atoms with E-state index in [1.807, 2.05) is 84.9 Å². The molecule has 0 aliphatic heterocycles. The van der Waals surface area contributed by atoms with Crippen LogP contribution in [-0.2, 0) is 22.5 Å². The Morgan fingerprint density at radius 2 is 1.70 bits per heavy atom. The van der Waals surface area contributed by atoms with Crippen molar-refractivity contribution in [3.05, 3.63) is 114 Å². The lowest BCUT2D eigenvalue weighted by molar-refractivity contribution is 0.0325. The zero-order chi connectivity index (χ0) is 30.8. The molecule has 2 unspecified atom stereocenters. The minimum absolute atomic E-state index is 0.0330. The fraction of sp³-hybridized carbons (Fsp3) is 0.371. The third-order valence-electron chi connectivity index (χ3n) is 7.10. The van der Waals surface area contributed by atoms with Crippen LogP contribution in [0.3, 0.4) is 0 Å². The molecule has 1 saturated carbocycles. The first-order valence-electron chi connectivity index (χ1n) is 14.7. The number of carbonyl (C=O) groups is 2. The molecule has 0 saturated heterocycles. The fourth-order valence-electron chi connectivity index (χ4n) is 4.97. The summed E-state index contributed by atoms with van der Waals surface area (Å²) in [4.78, 5) is 27.9. The van der Waals surface area contributed by atoms with Crippen molar-refractivity contribution in [2.24, 2.45) is 0 Å². The van der Waals surface area contributed by atoms with Gasteiger partial charge < -0.3 is 29.5 Å². The van der Waals surface area contributed by atoms with E-state index in [9.17, 15) is 14.7 Å². The second kappa shape index (κ2) is 14.7. The molecule has 4 atom stereocenters. The summed E-state index contributed by atoms with van der Waals surface area (Å²) in [6.07, 6.45) is 0.418. The molecule has 0 bridgehead atoms. The predicted molar refractivity (Wildman–Crippen MR) is 166 cm³/mol. The number of ether oxygens (including phenoxy) is 3. The van der Waals surface area contributed by atoms with Crippen molar-refractivity contribution in [2.45, 2.75) is 69.9 Å². The van der Waals surface area contributed by atoms with Gasteiger partial charge in [0.1, 0.15) is 24.6 Å². The highest BCUT2D eigenvalue weighted by Crippen LogP contribution is 2.45. The van der Waals surface area contributed by atoms with Gasteiger partial charge in [-0.2, -0.15) is 0 Å². The Kier molecular flexibility index (Phi) is 10.8. The van der Waals surface area contributed by atoms with Gasteiger partial charge in [0.05, 0.1) is 18.7 Å². The average Bonchev–Trinajstić information content (AvgIpc) is 3.78. The van der Waals surface area contributed by atoms with Crippen LogP contribution < -0.4 is 10.1 Å². The van der Waals surface area contributed by atoms with Crippen molar-refractivity contribution >= 4 is 12.2 Å². The molecule has 3 aromatic rings. The number of aliphatic hydroxyl groups is 1. The van der Waals surface area contributed by atoms with E-state index in [0.29, 0.717) is 12.4 Å².